The minimum Gasteiger partial charge on any atom is -0.374 e. The van der Waals surface area contributed by atoms with E-state index in [0.29, 0.717) is 17.8 Å². The van der Waals surface area contributed by atoms with E-state index in [4.69, 9.17) is 0 Å². The third kappa shape index (κ3) is 3.69. The molecule has 32 heavy (non-hydrogen) atoms. The number of carbonyl (C=O) groups excluding carboxylic acids is 2. The first kappa shape index (κ1) is 20.8. The van der Waals surface area contributed by atoms with Crippen LogP contribution < -0.4 is 10.2 Å². The highest BCUT2D eigenvalue weighted by Gasteiger charge is 2.29. The summed E-state index contributed by atoms with van der Waals surface area (Å²) in [5.41, 5.74) is 5.61. The molecule has 0 aliphatic carbocycles. The molecule has 3 heterocycles. The minimum absolute atomic E-state index is 0.0147. The summed E-state index contributed by atoms with van der Waals surface area (Å²) in [6, 6.07) is 15.8. The van der Waals surface area contributed by atoms with E-state index in [1.54, 1.807) is 11.3 Å². The van der Waals surface area contributed by atoms with Crippen LogP contribution in [0.5, 0.6) is 0 Å². The molecule has 0 fully saturated rings. The van der Waals surface area contributed by atoms with Crippen LogP contribution in [0.25, 0.3) is 0 Å². The molecule has 2 amide bonds. The standard InChI is InChI=1S/C26H27N3O2S/c1-17-19(26(31)29-14-11-24-18(16-29)12-15-32-24)7-5-8-22(17)27-25(30)21-10-13-28(2)23-9-4-3-6-20(21)23/h3-9,12,15,21H,10-11,13-14,16H2,1-2H3,(H,27,30). The van der Waals surface area contributed by atoms with Gasteiger partial charge in [0.05, 0.1) is 5.92 Å². The van der Waals surface area contributed by atoms with E-state index in [2.05, 4.69) is 34.8 Å². The van der Waals surface area contributed by atoms with Gasteiger partial charge < -0.3 is 15.1 Å². The van der Waals surface area contributed by atoms with E-state index in [0.717, 1.165) is 42.7 Å². The molecule has 1 aromatic heterocycles. The second kappa shape index (κ2) is 8.43. The highest BCUT2D eigenvalue weighted by Crippen LogP contribution is 2.35. The third-order valence-corrected chi connectivity index (χ3v) is 7.73. The fourth-order valence-electron chi connectivity index (χ4n) is 4.82. The predicted octanol–water partition coefficient (Wildman–Crippen LogP) is 4.82. The van der Waals surface area contributed by atoms with Gasteiger partial charge in [-0.25, -0.2) is 0 Å². The monoisotopic (exact) mass is 445 g/mol. The van der Waals surface area contributed by atoms with Gasteiger partial charge in [0, 0.05) is 48.5 Å². The number of rotatable bonds is 3. The number of hydrogen-bond donors (Lipinski definition) is 1. The average Bonchev–Trinajstić information content (AvgIpc) is 3.28. The van der Waals surface area contributed by atoms with Crippen molar-refractivity contribution in [3.63, 3.8) is 0 Å². The fraction of sp³-hybridized carbons (Fsp3) is 0.308. The SMILES string of the molecule is Cc1c(NC(=O)C2CCN(C)c3ccccc32)cccc1C(=O)N1CCc2sccc2C1. The Hall–Kier alpha value is -3.12. The Morgan fingerprint density at radius 2 is 1.91 bits per heavy atom. The second-order valence-corrected chi connectivity index (χ2v) is 9.64. The van der Waals surface area contributed by atoms with Crippen LogP contribution in [0.4, 0.5) is 11.4 Å². The number of hydrogen-bond acceptors (Lipinski definition) is 4. The number of nitrogens with zero attached hydrogens (tertiary/aromatic N) is 2. The van der Waals surface area contributed by atoms with Crippen LogP contribution in [0.1, 0.15) is 44.3 Å². The number of benzene rings is 2. The summed E-state index contributed by atoms with van der Waals surface area (Å²) in [7, 11) is 2.06. The predicted molar refractivity (Wildman–Crippen MR) is 130 cm³/mol. The molecule has 1 N–H and O–H groups in total. The van der Waals surface area contributed by atoms with Gasteiger partial charge in [-0.05, 0) is 66.1 Å². The van der Waals surface area contributed by atoms with Crippen LogP contribution in [-0.2, 0) is 17.8 Å². The van der Waals surface area contributed by atoms with Gasteiger partial charge in [-0.3, -0.25) is 9.59 Å². The lowest BCUT2D eigenvalue weighted by molar-refractivity contribution is -0.117. The zero-order valence-corrected chi connectivity index (χ0v) is 19.2. The lowest BCUT2D eigenvalue weighted by Gasteiger charge is -2.32. The first-order valence-electron chi connectivity index (χ1n) is 11.1. The summed E-state index contributed by atoms with van der Waals surface area (Å²) in [6.07, 6.45) is 1.68. The molecule has 0 spiro atoms. The largest absolute Gasteiger partial charge is 0.374 e. The van der Waals surface area contributed by atoms with Crippen LogP contribution >= 0.6 is 11.3 Å². The van der Waals surface area contributed by atoms with Gasteiger partial charge in [0.2, 0.25) is 5.91 Å². The molecule has 6 heteroatoms. The Morgan fingerprint density at radius 1 is 1.06 bits per heavy atom. The molecule has 1 atom stereocenters. The van der Waals surface area contributed by atoms with Gasteiger partial charge in [-0.1, -0.05) is 24.3 Å². The molecule has 2 aliphatic rings. The maximum atomic E-state index is 13.3. The van der Waals surface area contributed by atoms with Gasteiger partial charge in [0.1, 0.15) is 0 Å². The van der Waals surface area contributed by atoms with Gasteiger partial charge >= 0.3 is 0 Å². The molecule has 5 nitrogen and oxygen atoms in total. The van der Waals surface area contributed by atoms with E-state index in [-0.39, 0.29) is 17.7 Å². The third-order valence-electron chi connectivity index (χ3n) is 6.71. The number of nitrogens with one attached hydrogen (secondary N) is 1. The molecule has 2 aliphatic heterocycles. The lowest BCUT2D eigenvalue weighted by atomic mass is 9.89. The van der Waals surface area contributed by atoms with E-state index < -0.39 is 0 Å². The van der Waals surface area contributed by atoms with Crippen LogP contribution in [0.15, 0.2) is 53.9 Å². The topological polar surface area (TPSA) is 52.7 Å². The maximum Gasteiger partial charge on any atom is 0.254 e. The summed E-state index contributed by atoms with van der Waals surface area (Å²) >= 11 is 1.77. The summed E-state index contributed by atoms with van der Waals surface area (Å²) < 4.78 is 0. The Morgan fingerprint density at radius 3 is 2.78 bits per heavy atom. The normalized spacial score (nSPS) is 17.5. The Labute approximate surface area is 192 Å². The lowest BCUT2D eigenvalue weighted by Crippen LogP contribution is -2.36. The Bertz CT molecular complexity index is 1190. The van der Waals surface area contributed by atoms with Crippen molar-refractivity contribution < 1.29 is 9.59 Å². The number of carbonyl (C=O) groups is 2. The summed E-state index contributed by atoms with van der Waals surface area (Å²) in [5.74, 6) is -0.181. The molecule has 0 radical (unpaired) electrons. The van der Waals surface area contributed by atoms with Crippen LogP contribution in [0.2, 0.25) is 0 Å². The highest BCUT2D eigenvalue weighted by atomic mass is 32.1. The van der Waals surface area contributed by atoms with Crippen molar-refractivity contribution in [1.29, 1.82) is 0 Å². The molecule has 164 valence electrons. The zero-order valence-electron chi connectivity index (χ0n) is 18.4. The maximum absolute atomic E-state index is 13.3. The van der Waals surface area contributed by atoms with Crippen molar-refractivity contribution in [2.24, 2.45) is 0 Å². The van der Waals surface area contributed by atoms with Gasteiger partial charge in [0.15, 0.2) is 0 Å². The molecule has 5 rings (SSSR count). The van der Waals surface area contributed by atoms with Gasteiger partial charge in [-0.15, -0.1) is 11.3 Å². The molecule has 0 bridgehead atoms. The van der Waals surface area contributed by atoms with E-state index in [9.17, 15) is 9.59 Å². The van der Waals surface area contributed by atoms with Crippen molar-refractivity contribution in [3.05, 3.63) is 81.0 Å². The first-order chi connectivity index (χ1) is 15.5. The number of anilines is 2. The second-order valence-electron chi connectivity index (χ2n) is 8.63. The molecule has 3 aromatic rings. The van der Waals surface area contributed by atoms with E-state index >= 15 is 0 Å². The van der Waals surface area contributed by atoms with Crippen molar-refractivity contribution in [2.45, 2.75) is 32.2 Å². The molecular weight excluding hydrogens is 418 g/mol. The van der Waals surface area contributed by atoms with Gasteiger partial charge in [0.25, 0.3) is 5.91 Å². The zero-order chi connectivity index (χ0) is 22.2. The molecular formula is C26H27N3O2S. The minimum atomic E-state index is -0.194. The smallest absolute Gasteiger partial charge is 0.254 e. The number of para-hydroxylation sites is 1. The quantitative estimate of drug-likeness (QED) is 0.629. The average molecular weight is 446 g/mol. The van der Waals surface area contributed by atoms with Crippen molar-refractivity contribution in [1.82, 2.24) is 4.90 Å². The fourth-order valence-corrected chi connectivity index (χ4v) is 5.71. The van der Waals surface area contributed by atoms with Crippen molar-refractivity contribution in [2.75, 3.05) is 30.4 Å². The molecule has 2 aromatic carbocycles. The highest BCUT2D eigenvalue weighted by molar-refractivity contribution is 7.10. The molecule has 1 unspecified atom stereocenters. The van der Waals surface area contributed by atoms with Crippen molar-refractivity contribution >= 4 is 34.5 Å². The first-order valence-corrected chi connectivity index (χ1v) is 12.0. The van der Waals surface area contributed by atoms with E-state index in [1.165, 1.54) is 10.4 Å². The van der Waals surface area contributed by atoms with Crippen LogP contribution in [-0.4, -0.2) is 36.9 Å². The van der Waals surface area contributed by atoms with Crippen molar-refractivity contribution in [3.8, 4) is 0 Å². The Kier molecular flexibility index (Phi) is 5.47. The van der Waals surface area contributed by atoms with Crippen LogP contribution in [0, 0.1) is 6.92 Å². The Balaban J connectivity index is 1.36. The summed E-state index contributed by atoms with van der Waals surface area (Å²) in [5, 5.41) is 5.22. The summed E-state index contributed by atoms with van der Waals surface area (Å²) in [6.45, 7) is 4.15. The van der Waals surface area contributed by atoms with E-state index in [1.807, 2.05) is 48.2 Å². The number of fused-ring (bicyclic) bond motifs is 2. The van der Waals surface area contributed by atoms with Crippen LogP contribution in [0.3, 0.4) is 0 Å². The van der Waals surface area contributed by atoms with Gasteiger partial charge in [-0.2, -0.15) is 0 Å². The summed E-state index contributed by atoms with van der Waals surface area (Å²) in [4.78, 5) is 32.0. The number of amides is 2. The molecule has 0 saturated heterocycles. The molecule has 0 saturated carbocycles. The number of thiophene rings is 1.